The average Bonchev–Trinajstić information content (AvgIpc) is 3.62. The maximum absolute atomic E-state index is 7.14. The van der Waals surface area contributed by atoms with Crippen molar-refractivity contribution in [2.75, 3.05) is 9.80 Å². The second-order valence-electron chi connectivity index (χ2n) is 13.7. The number of para-hydroxylation sites is 3. The lowest BCUT2D eigenvalue weighted by atomic mass is 10.00. The highest BCUT2D eigenvalue weighted by molar-refractivity contribution is 6.17. The summed E-state index contributed by atoms with van der Waals surface area (Å²) in [6, 6.07) is 77.5. The fourth-order valence-electron chi connectivity index (χ4n) is 7.85. The molecule has 3 heteroatoms. The van der Waals surface area contributed by atoms with Crippen molar-refractivity contribution in [2.45, 2.75) is 0 Å². The summed E-state index contributed by atoms with van der Waals surface area (Å²) in [7, 11) is 0. The Labute approximate surface area is 320 Å². The molecule has 0 aliphatic rings. The molecule has 0 aliphatic carbocycles. The van der Waals surface area contributed by atoms with Crippen LogP contribution in [-0.4, -0.2) is 0 Å². The van der Waals surface area contributed by atoms with Gasteiger partial charge in [0.1, 0.15) is 11.3 Å². The van der Waals surface area contributed by atoms with Gasteiger partial charge in [-0.3, -0.25) is 0 Å². The second kappa shape index (κ2) is 13.9. The van der Waals surface area contributed by atoms with E-state index in [9.17, 15) is 0 Å². The van der Waals surface area contributed by atoms with E-state index in [-0.39, 0.29) is 0 Å². The first kappa shape index (κ1) is 32.3. The SMILES string of the molecule is c1ccc(-c2cccc(N(c3ccccc3)c3c(N(c4ccccc4)c4ccccc4-c4ccccc4)ccc4c3oc3cc5ccccc5cc34)c2)cc1. The molecule has 0 spiro atoms. The number of anilines is 6. The van der Waals surface area contributed by atoms with Crippen molar-refractivity contribution in [3.8, 4) is 22.3 Å². The van der Waals surface area contributed by atoms with Crippen LogP contribution in [0.4, 0.5) is 34.1 Å². The van der Waals surface area contributed by atoms with E-state index in [2.05, 4.69) is 228 Å². The molecule has 55 heavy (non-hydrogen) atoms. The van der Waals surface area contributed by atoms with Gasteiger partial charge in [-0.05, 0) is 94.2 Å². The number of rotatable bonds is 8. The highest BCUT2D eigenvalue weighted by Crippen LogP contribution is 2.52. The van der Waals surface area contributed by atoms with Gasteiger partial charge in [0.05, 0.1) is 11.4 Å². The lowest BCUT2D eigenvalue weighted by molar-refractivity contribution is 0.669. The number of hydrogen-bond donors (Lipinski definition) is 0. The molecule has 10 aromatic rings. The van der Waals surface area contributed by atoms with E-state index in [0.29, 0.717) is 0 Å². The molecule has 0 unspecified atom stereocenters. The van der Waals surface area contributed by atoms with Crippen LogP contribution in [0, 0.1) is 0 Å². The van der Waals surface area contributed by atoms with Crippen molar-refractivity contribution in [3.63, 3.8) is 0 Å². The van der Waals surface area contributed by atoms with Crippen LogP contribution in [0.3, 0.4) is 0 Å². The fourth-order valence-corrected chi connectivity index (χ4v) is 7.85. The van der Waals surface area contributed by atoms with Crippen molar-refractivity contribution >= 4 is 66.8 Å². The molecule has 1 aromatic heterocycles. The third-order valence-electron chi connectivity index (χ3n) is 10.4. The molecule has 0 atom stereocenters. The molecule has 0 amide bonds. The minimum Gasteiger partial charge on any atom is -0.454 e. The predicted molar refractivity (Wildman–Crippen MR) is 231 cm³/mol. The molecule has 0 N–H and O–H groups in total. The Balaban J connectivity index is 1.33. The van der Waals surface area contributed by atoms with Crippen LogP contribution in [-0.2, 0) is 0 Å². The van der Waals surface area contributed by atoms with Gasteiger partial charge in [-0.25, -0.2) is 0 Å². The minimum atomic E-state index is 0.815. The van der Waals surface area contributed by atoms with Gasteiger partial charge in [-0.15, -0.1) is 0 Å². The molecule has 9 aromatic carbocycles. The van der Waals surface area contributed by atoms with Crippen LogP contribution in [0.25, 0.3) is 55.0 Å². The zero-order valence-electron chi connectivity index (χ0n) is 30.1. The first-order chi connectivity index (χ1) is 27.3. The topological polar surface area (TPSA) is 19.6 Å². The Kier molecular flexibility index (Phi) is 8.16. The van der Waals surface area contributed by atoms with Crippen molar-refractivity contribution in [1.82, 2.24) is 0 Å². The van der Waals surface area contributed by atoms with E-state index >= 15 is 0 Å². The maximum atomic E-state index is 7.14. The van der Waals surface area contributed by atoms with Crippen LogP contribution in [0.1, 0.15) is 0 Å². The van der Waals surface area contributed by atoms with E-state index in [4.69, 9.17) is 4.42 Å². The number of benzene rings is 9. The van der Waals surface area contributed by atoms with Crippen molar-refractivity contribution < 1.29 is 4.42 Å². The van der Waals surface area contributed by atoms with Gasteiger partial charge in [0.15, 0.2) is 5.58 Å². The molecule has 0 fully saturated rings. The third-order valence-corrected chi connectivity index (χ3v) is 10.4. The Morgan fingerprint density at radius 2 is 0.873 bits per heavy atom. The van der Waals surface area contributed by atoms with E-state index < -0.39 is 0 Å². The molecular formula is C52H36N2O. The monoisotopic (exact) mass is 704 g/mol. The van der Waals surface area contributed by atoms with Gasteiger partial charge in [0.25, 0.3) is 0 Å². The highest BCUT2D eigenvalue weighted by atomic mass is 16.3. The lowest BCUT2D eigenvalue weighted by Crippen LogP contribution is -2.17. The molecule has 3 nitrogen and oxygen atoms in total. The zero-order valence-corrected chi connectivity index (χ0v) is 30.1. The van der Waals surface area contributed by atoms with Gasteiger partial charge >= 0.3 is 0 Å². The summed E-state index contributed by atoms with van der Waals surface area (Å²) < 4.78 is 7.14. The van der Waals surface area contributed by atoms with Gasteiger partial charge in [-0.2, -0.15) is 0 Å². The normalized spacial score (nSPS) is 11.3. The summed E-state index contributed by atoms with van der Waals surface area (Å²) in [4.78, 5) is 4.76. The van der Waals surface area contributed by atoms with Gasteiger partial charge in [0.2, 0.25) is 0 Å². The molecule has 0 saturated carbocycles. The first-order valence-electron chi connectivity index (χ1n) is 18.7. The molecule has 10 rings (SSSR count). The summed E-state index contributed by atoms with van der Waals surface area (Å²) >= 11 is 0. The number of hydrogen-bond acceptors (Lipinski definition) is 3. The largest absolute Gasteiger partial charge is 0.454 e. The van der Waals surface area contributed by atoms with Crippen molar-refractivity contribution in [3.05, 3.63) is 218 Å². The summed E-state index contributed by atoms with van der Waals surface area (Å²) in [5, 5.41) is 4.48. The van der Waals surface area contributed by atoms with Crippen LogP contribution < -0.4 is 9.80 Å². The summed E-state index contributed by atoms with van der Waals surface area (Å²) in [6.07, 6.45) is 0. The van der Waals surface area contributed by atoms with E-state index in [1.807, 2.05) is 0 Å². The highest BCUT2D eigenvalue weighted by Gasteiger charge is 2.28. The quantitative estimate of drug-likeness (QED) is 0.157. The minimum absolute atomic E-state index is 0.815. The van der Waals surface area contributed by atoms with Crippen LogP contribution in [0.5, 0.6) is 0 Å². The predicted octanol–water partition coefficient (Wildman–Crippen LogP) is 15.0. The Hall–Kier alpha value is -7.36. The molecule has 0 radical (unpaired) electrons. The summed E-state index contributed by atoms with van der Waals surface area (Å²) in [5.74, 6) is 0. The molecule has 0 bridgehead atoms. The molecular weight excluding hydrogens is 669 g/mol. The zero-order chi connectivity index (χ0) is 36.6. The van der Waals surface area contributed by atoms with Crippen LogP contribution >= 0.6 is 0 Å². The van der Waals surface area contributed by atoms with Gasteiger partial charge < -0.3 is 14.2 Å². The fraction of sp³-hybridized carbons (Fsp3) is 0. The number of fused-ring (bicyclic) bond motifs is 4. The smallest absolute Gasteiger partial charge is 0.161 e. The molecule has 0 saturated heterocycles. The molecule has 260 valence electrons. The summed E-state index contributed by atoms with van der Waals surface area (Å²) in [5.41, 5.74) is 12.3. The Bertz CT molecular complexity index is 2920. The molecule has 0 aliphatic heterocycles. The van der Waals surface area contributed by atoms with E-state index in [1.54, 1.807) is 0 Å². The van der Waals surface area contributed by atoms with Gasteiger partial charge in [-0.1, -0.05) is 152 Å². The van der Waals surface area contributed by atoms with Gasteiger partial charge in [0, 0.05) is 33.4 Å². The van der Waals surface area contributed by atoms with E-state index in [1.165, 1.54) is 5.39 Å². The Morgan fingerprint density at radius 3 is 1.58 bits per heavy atom. The third kappa shape index (κ3) is 5.89. The van der Waals surface area contributed by atoms with Crippen molar-refractivity contribution in [2.24, 2.45) is 0 Å². The van der Waals surface area contributed by atoms with Crippen molar-refractivity contribution in [1.29, 1.82) is 0 Å². The van der Waals surface area contributed by atoms with E-state index in [0.717, 1.165) is 83.7 Å². The van der Waals surface area contributed by atoms with Crippen LogP contribution in [0.2, 0.25) is 0 Å². The second-order valence-corrected chi connectivity index (χ2v) is 13.7. The number of furan rings is 1. The summed E-state index contributed by atoms with van der Waals surface area (Å²) in [6.45, 7) is 0. The standard InChI is InChI=1S/C52H36N2O/c1-5-18-37(19-6-1)39-24-17-29-44(34-39)53(42-25-9-3-10-26-42)51-49(33-32-46-47-35-40-22-13-14-23-41(40)36-50(47)55-52(46)51)54(43-27-11-4-12-28-43)48-31-16-15-30-45(48)38-20-7-2-8-21-38/h1-36H. The lowest BCUT2D eigenvalue weighted by Gasteiger charge is -2.34. The molecule has 1 heterocycles. The first-order valence-corrected chi connectivity index (χ1v) is 18.7. The van der Waals surface area contributed by atoms with Crippen LogP contribution in [0.15, 0.2) is 223 Å². The maximum Gasteiger partial charge on any atom is 0.161 e. The Morgan fingerprint density at radius 1 is 0.327 bits per heavy atom. The number of nitrogens with zero attached hydrogens (tertiary/aromatic N) is 2. The average molecular weight is 705 g/mol.